The monoisotopic (exact) mass is 261 g/mol. The standard InChI is InChI=1S/C16H23NO2/c1-13-7-5-6-10-15(13)19-12-16(18)17-11-14-8-3-2-4-9-14/h5-7,10,14H,2-4,8-9,11-12H2,1H3,(H,17,18). The number of amides is 1. The lowest BCUT2D eigenvalue weighted by Gasteiger charge is -2.21. The number of carbonyl (C=O) groups is 1. The highest BCUT2D eigenvalue weighted by Gasteiger charge is 2.14. The van der Waals surface area contributed by atoms with Gasteiger partial charge in [0, 0.05) is 6.54 Å². The van der Waals surface area contributed by atoms with Crippen molar-refractivity contribution < 1.29 is 9.53 Å². The van der Waals surface area contributed by atoms with Crippen molar-refractivity contribution in [2.45, 2.75) is 39.0 Å². The number of para-hydroxylation sites is 1. The summed E-state index contributed by atoms with van der Waals surface area (Å²) in [4.78, 5) is 11.7. The molecule has 1 fully saturated rings. The number of benzene rings is 1. The van der Waals surface area contributed by atoms with E-state index in [0.717, 1.165) is 17.9 Å². The second-order valence-corrected chi connectivity index (χ2v) is 5.36. The first-order valence-corrected chi connectivity index (χ1v) is 7.21. The highest BCUT2D eigenvalue weighted by molar-refractivity contribution is 5.77. The Balaban J connectivity index is 1.68. The summed E-state index contributed by atoms with van der Waals surface area (Å²) >= 11 is 0. The third-order valence-electron chi connectivity index (χ3n) is 3.77. The average Bonchev–Trinajstić information content (AvgIpc) is 2.45. The molecular formula is C16H23NO2. The Hall–Kier alpha value is -1.51. The predicted octanol–water partition coefficient (Wildman–Crippen LogP) is 3.07. The van der Waals surface area contributed by atoms with Gasteiger partial charge in [0.2, 0.25) is 0 Å². The third-order valence-corrected chi connectivity index (χ3v) is 3.77. The topological polar surface area (TPSA) is 38.3 Å². The van der Waals surface area contributed by atoms with E-state index < -0.39 is 0 Å². The zero-order valence-electron chi connectivity index (χ0n) is 11.7. The van der Waals surface area contributed by atoms with E-state index in [1.165, 1.54) is 32.1 Å². The molecule has 19 heavy (non-hydrogen) atoms. The van der Waals surface area contributed by atoms with Crippen molar-refractivity contribution in [3.8, 4) is 5.75 Å². The van der Waals surface area contributed by atoms with Crippen LogP contribution in [-0.2, 0) is 4.79 Å². The number of rotatable bonds is 5. The molecule has 0 aliphatic heterocycles. The van der Waals surface area contributed by atoms with Crippen LogP contribution in [0.1, 0.15) is 37.7 Å². The summed E-state index contributed by atoms with van der Waals surface area (Å²) in [6.45, 7) is 2.89. The number of hydrogen-bond donors (Lipinski definition) is 1. The highest BCUT2D eigenvalue weighted by atomic mass is 16.5. The molecule has 0 atom stereocenters. The van der Waals surface area contributed by atoms with E-state index in [0.29, 0.717) is 5.92 Å². The zero-order valence-corrected chi connectivity index (χ0v) is 11.7. The van der Waals surface area contributed by atoms with Crippen LogP contribution in [0.25, 0.3) is 0 Å². The Kier molecular flexibility index (Phi) is 5.25. The molecule has 1 aromatic carbocycles. The maximum atomic E-state index is 11.7. The average molecular weight is 261 g/mol. The number of aryl methyl sites for hydroxylation is 1. The predicted molar refractivity (Wildman–Crippen MR) is 76.3 cm³/mol. The van der Waals surface area contributed by atoms with E-state index in [2.05, 4.69) is 5.32 Å². The van der Waals surface area contributed by atoms with Gasteiger partial charge in [-0.05, 0) is 37.3 Å². The van der Waals surface area contributed by atoms with Crippen molar-refractivity contribution in [1.82, 2.24) is 5.32 Å². The van der Waals surface area contributed by atoms with Gasteiger partial charge in [-0.2, -0.15) is 0 Å². The SMILES string of the molecule is Cc1ccccc1OCC(=O)NCC1CCCCC1. The van der Waals surface area contributed by atoms with Gasteiger partial charge in [-0.1, -0.05) is 37.5 Å². The van der Waals surface area contributed by atoms with Crippen LogP contribution in [-0.4, -0.2) is 19.1 Å². The molecule has 1 saturated carbocycles. The van der Waals surface area contributed by atoms with E-state index in [1.54, 1.807) is 0 Å². The molecule has 3 nitrogen and oxygen atoms in total. The molecule has 2 rings (SSSR count). The van der Waals surface area contributed by atoms with Crippen LogP contribution < -0.4 is 10.1 Å². The van der Waals surface area contributed by atoms with Crippen molar-refractivity contribution in [2.24, 2.45) is 5.92 Å². The summed E-state index contributed by atoms with van der Waals surface area (Å²) in [5, 5.41) is 2.98. The molecule has 0 unspecified atom stereocenters. The lowest BCUT2D eigenvalue weighted by atomic mass is 9.89. The number of nitrogens with one attached hydrogen (secondary N) is 1. The molecular weight excluding hydrogens is 238 g/mol. The maximum Gasteiger partial charge on any atom is 0.257 e. The molecule has 0 radical (unpaired) electrons. The van der Waals surface area contributed by atoms with Crippen molar-refractivity contribution in [3.63, 3.8) is 0 Å². The lowest BCUT2D eigenvalue weighted by Crippen LogP contribution is -2.33. The molecule has 0 spiro atoms. The second kappa shape index (κ2) is 7.17. The van der Waals surface area contributed by atoms with Gasteiger partial charge in [0.25, 0.3) is 5.91 Å². The fourth-order valence-electron chi connectivity index (χ4n) is 2.56. The van der Waals surface area contributed by atoms with Gasteiger partial charge in [-0.3, -0.25) is 4.79 Å². The summed E-state index contributed by atoms with van der Waals surface area (Å²) in [7, 11) is 0. The second-order valence-electron chi connectivity index (χ2n) is 5.36. The van der Waals surface area contributed by atoms with Crippen molar-refractivity contribution in [1.29, 1.82) is 0 Å². The van der Waals surface area contributed by atoms with Gasteiger partial charge >= 0.3 is 0 Å². The van der Waals surface area contributed by atoms with Gasteiger partial charge in [-0.25, -0.2) is 0 Å². The minimum atomic E-state index is -0.0196. The first-order chi connectivity index (χ1) is 9.25. The minimum absolute atomic E-state index is 0.0196. The molecule has 0 bridgehead atoms. The Morgan fingerprint density at radius 2 is 2.00 bits per heavy atom. The molecule has 104 valence electrons. The van der Waals surface area contributed by atoms with Crippen LogP contribution in [0, 0.1) is 12.8 Å². The van der Waals surface area contributed by atoms with Crippen LogP contribution in [0.15, 0.2) is 24.3 Å². The molecule has 0 saturated heterocycles. The maximum absolute atomic E-state index is 11.7. The van der Waals surface area contributed by atoms with Crippen molar-refractivity contribution >= 4 is 5.91 Å². The molecule has 0 aromatic heterocycles. The lowest BCUT2D eigenvalue weighted by molar-refractivity contribution is -0.123. The van der Waals surface area contributed by atoms with Crippen LogP contribution in [0.5, 0.6) is 5.75 Å². The van der Waals surface area contributed by atoms with Crippen LogP contribution in [0.2, 0.25) is 0 Å². The van der Waals surface area contributed by atoms with E-state index in [-0.39, 0.29) is 12.5 Å². The van der Waals surface area contributed by atoms with Gasteiger partial charge in [0.05, 0.1) is 0 Å². The summed E-state index contributed by atoms with van der Waals surface area (Å²) in [6.07, 6.45) is 6.46. The first kappa shape index (κ1) is 13.9. The van der Waals surface area contributed by atoms with Crippen LogP contribution in [0.3, 0.4) is 0 Å². The van der Waals surface area contributed by atoms with Gasteiger partial charge in [-0.15, -0.1) is 0 Å². The molecule has 3 heteroatoms. The molecule has 0 heterocycles. The quantitative estimate of drug-likeness (QED) is 0.884. The molecule has 1 aliphatic rings. The fraction of sp³-hybridized carbons (Fsp3) is 0.562. The van der Waals surface area contributed by atoms with Crippen LogP contribution in [0.4, 0.5) is 0 Å². The van der Waals surface area contributed by atoms with E-state index >= 15 is 0 Å². The summed E-state index contributed by atoms with van der Waals surface area (Å²) in [6, 6.07) is 7.76. The van der Waals surface area contributed by atoms with Crippen molar-refractivity contribution in [2.75, 3.05) is 13.2 Å². The van der Waals surface area contributed by atoms with Gasteiger partial charge in [0.15, 0.2) is 6.61 Å². The number of ether oxygens (including phenoxy) is 1. The molecule has 1 N–H and O–H groups in total. The normalized spacial score (nSPS) is 16.1. The third kappa shape index (κ3) is 4.58. The Bertz CT molecular complexity index is 411. The summed E-state index contributed by atoms with van der Waals surface area (Å²) in [5.74, 6) is 1.43. The Labute approximate surface area is 115 Å². The molecule has 1 aliphatic carbocycles. The highest BCUT2D eigenvalue weighted by Crippen LogP contribution is 2.22. The van der Waals surface area contributed by atoms with Gasteiger partial charge < -0.3 is 10.1 Å². The molecule has 1 amide bonds. The Morgan fingerprint density at radius 3 is 2.74 bits per heavy atom. The zero-order chi connectivity index (χ0) is 13.5. The van der Waals surface area contributed by atoms with Gasteiger partial charge in [0.1, 0.15) is 5.75 Å². The smallest absolute Gasteiger partial charge is 0.257 e. The van der Waals surface area contributed by atoms with E-state index in [9.17, 15) is 4.79 Å². The number of hydrogen-bond acceptors (Lipinski definition) is 2. The molecule has 1 aromatic rings. The van der Waals surface area contributed by atoms with E-state index in [4.69, 9.17) is 4.74 Å². The van der Waals surface area contributed by atoms with Crippen LogP contribution >= 0.6 is 0 Å². The largest absolute Gasteiger partial charge is 0.484 e. The Morgan fingerprint density at radius 1 is 1.26 bits per heavy atom. The van der Waals surface area contributed by atoms with Crippen molar-refractivity contribution in [3.05, 3.63) is 29.8 Å². The first-order valence-electron chi connectivity index (χ1n) is 7.21. The summed E-state index contributed by atoms with van der Waals surface area (Å²) in [5.41, 5.74) is 1.06. The van der Waals surface area contributed by atoms with E-state index in [1.807, 2.05) is 31.2 Å². The summed E-state index contributed by atoms with van der Waals surface area (Å²) < 4.78 is 5.53. The number of carbonyl (C=O) groups excluding carboxylic acids is 1. The fourth-order valence-corrected chi connectivity index (χ4v) is 2.56. The minimum Gasteiger partial charge on any atom is -0.484 e.